The minimum absolute atomic E-state index is 0.383. The van der Waals surface area contributed by atoms with Gasteiger partial charge in [0.25, 0.3) is 0 Å². The van der Waals surface area contributed by atoms with E-state index in [1.54, 1.807) is 0 Å². The third-order valence-electron chi connectivity index (χ3n) is 4.45. The Morgan fingerprint density at radius 1 is 1.38 bits per heavy atom. The lowest BCUT2D eigenvalue weighted by Crippen LogP contribution is -2.42. The van der Waals surface area contributed by atoms with Crippen molar-refractivity contribution in [1.82, 2.24) is 24.6 Å². The van der Waals surface area contributed by atoms with Crippen LogP contribution in [0.25, 0.3) is 0 Å². The summed E-state index contributed by atoms with van der Waals surface area (Å²) in [5, 5.41) is 7.94. The van der Waals surface area contributed by atoms with E-state index in [-0.39, 0.29) is 0 Å². The van der Waals surface area contributed by atoms with Crippen molar-refractivity contribution in [3.05, 3.63) is 29.7 Å². The van der Waals surface area contributed by atoms with E-state index in [1.807, 2.05) is 43.0 Å². The number of nitrogens with zero attached hydrogens (tertiary/aromatic N) is 6. The Morgan fingerprint density at radius 3 is 2.92 bits per heavy atom. The molecular formula is C17H27N7. The molecule has 2 aromatic heterocycles. The maximum Gasteiger partial charge on any atom is 0.224 e. The van der Waals surface area contributed by atoms with E-state index in [2.05, 4.69) is 38.4 Å². The fraction of sp³-hybridized carbons (Fsp3) is 0.588. The quantitative estimate of drug-likeness (QED) is 0.900. The van der Waals surface area contributed by atoms with Crippen LogP contribution in [-0.4, -0.2) is 57.9 Å². The van der Waals surface area contributed by atoms with Crippen LogP contribution in [0.5, 0.6) is 0 Å². The molecule has 0 aliphatic carbocycles. The molecular weight excluding hydrogens is 302 g/mol. The molecule has 1 aliphatic rings. The molecule has 1 fully saturated rings. The van der Waals surface area contributed by atoms with Crippen molar-refractivity contribution in [2.24, 2.45) is 7.05 Å². The highest BCUT2D eigenvalue weighted by Gasteiger charge is 2.21. The topological polar surface area (TPSA) is 62.1 Å². The number of piperidine rings is 1. The summed E-state index contributed by atoms with van der Waals surface area (Å²) >= 11 is 0. The van der Waals surface area contributed by atoms with Crippen LogP contribution in [0.15, 0.2) is 18.5 Å². The Balaban J connectivity index is 1.61. The Kier molecular flexibility index (Phi) is 4.99. The van der Waals surface area contributed by atoms with Crippen molar-refractivity contribution < 1.29 is 0 Å². The van der Waals surface area contributed by atoms with Crippen molar-refractivity contribution in [2.45, 2.75) is 32.4 Å². The minimum atomic E-state index is 0.383. The minimum Gasteiger partial charge on any atom is -0.363 e. The van der Waals surface area contributed by atoms with Gasteiger partial charge in [-0.3, -0.25) is 9.58 Å². The van der Waals surface area contributed by atoms with Gasteiger partial charge in [0.15, 0.2) is 0 Å². The lowest BCUT2D eigenvalue weighted by Gasteiger charge is -2.33. The predicted octanol–water partition coefficient (Wildman–Crippen LogP) is 1.66. The summed E-state index contributed by atoms with van der Waals surface area (Å²) in [6.07, 6.45) is 6.27. The lowest BCUT2D eigenvalue weighted by atomic mass is 10.1. The van der Waals surface area contributed by atoms with E-state index in [9.17, 15) is 0 Å². The molecule has 1 unspecified atom stereocenters. The fourth-order valence-corrected chi connectivity index (χ4v) is 3.21. The number of aryl methyl sites for hydroxylation is 2. The first-order chi connectivity index (χ1) is 11.5. The summed E-state index contributed by atoms with van der Waals surface area (Å²) in [6, 6.07) is 2.30. The van der Waals surface area contributed by atoms with Crippen LogP contribution in [0, 0.1) is 6.92 Å². The SMILES string of the molecule is Cc1nn(C)cc1CN1CCCC(Nc2nccc(N(C)C)n2)C1. The summed E-state index contributed by atoms with van der Waals surface area (Å²) in [5.41, 5.74) is 2.43. The van der Waals surface area contributed by atoms with Gasteiger partial charge in [-0.1, -0.05) is 0 Å². The van der Waals surface area contributed by atoms with Crippen LogP contribution in [0.3, 0.4) is 0 Å². The molecule has 0 amide bonds. The van der Waals surface area contributed by atoms with Gasteiger partial charge in [-0.15, -0.1) is 0 Å². The standard InChI is InChI=1S/C17H27N7/c1-13-14(10-23(4)21-13)11-24-9-5-6-15(12-24)19-17-18-8-7-16(20-17)22(2)3/h7-8,10,15H,5-6,9,11-12H2,1-4H3,(H,18,19,20). The van der Waals surface area contributed by atoms with Crippen molar-refractivity contribution in [3.8, 4) is 0 Å². The molecule has 1 aliphatic heterocycles. The van der Waals surface area contributed by atoms with Gasteiger partial charge in [0.05, 0.1) is 5.69 Å². The highest BCUT2D eigenvalue weighted by atomic mass is 15.3. The number of hydrogen-bond acceptors (Lipinski definition) is 6. The third kappa shape index (κ3) is 4.03. The van der Waals surface area contributed by atoms with Crippen LogP contribution in [0.2, 0.25) is 0 Å². The monoisotopic (exact) mass is 329 g/mol. The van der Waals surface area contributed by atoms with Gasteiger partial charge in [-0.05, 0) is 32.4 Å². The van der Waals surface area contributed by atoms with Gasteiger partial charge in [-0.2, -0.15) is 10.1 Å². The molecule has 0 spiro atoms. The van der Waals surface area contributed by atoms with Crippen LogP contribution in [0.4, 0.5) is 11.8 Å². The van der Waals surface area contributed by atoms with E-state index in [0.29, 0.717) is 12.0 Å². The number of rotatable bonds is 5. The molecule has 24 heavy (non-hydrogen) atoms. The summed E-state index contributed by atoms with van der Waals surface area (Å²) in [5.74, 6) is 1.64. The predicted molar refractivity (Wildman–Crippen MR) is 96.2 cm³/mol. The summed E-state index contributed by atoms with van der Waals surface area (Å²) in [4.78, 5) is 13.4. The zero-order valence-corrected chi connectivity index (χ0v) is 15.0. The van der Waals surface area contributed by atoms with Crippen LogP contribution >= 0.6 is 0 Å². The summed E-state index contributed by atoms with van der Waals surface area (Å²) < 4.78 is 1.89. The van der Waals surface area contributed by atoms with Crippen LogP contribution in [-0.2, 0) is 13.6 Å². The smallest absolute Gasteiger partial charge is 0.224 e. The lowest BCUT2D eigenvalue weighted by molar-refractivity contribution is 0.208. The van der Waals surface area contributed by atoms with Gasteiger partial charge in [-0.25, -0.2) is 4.98 Å². The summed E-state index contributed by atoms with van der Waals surface area (Å²) in [7, 11) is 5.96. The third-order valence-corrected chi connectivity index (χ3v) is 4.45. The molecule has 2 aromatic rings. The molecule has 1 N–H and O–H groups in total. The van der Waals surface area contributed by atoms with Crippen molar-refractivity contribution in [3.63, 3.8) is 0 Å². The molecule has 0 aromatic carbocycles. The number of aromatic nitrogens is 4. The van der Waals surface area contributed by atoms with Gasteiger partial charge in [0.2, 0.25) is 5.95 Å². The van der Waals surface area contributed by atoms with Crippen molar-refractivity contribution >= 4 is 11.8 Å². The van der Waals surface area contributed by atoms with Gasteiger partial charge < -0.3 is 10.2 Å². The Labute approximate surface area is 143 Å². The summed E-state index contributed by atoms with van der Waals surface area (Å²) in [6.45, 7) is 5.17. The van der Waals surface area contributed by atoms with Gasteiger partial charge in [0.1, 0.15) is 5.82 Å². The molecule has 3 rings (SSSR count). The normalized spacial score (nSPS) is 18.6. The number of likely N-dealkylation sites (tertiary alicyclic amines) is 1. The molecule has 130 valence electrons. The van der Waals surface area contributed by atoms with E-state index >= 15 is 0 Å². The van der Waals surface area contributed by atoms with E-state index in [4.69, 9.17) is 0 Å². The average Bonchev–Trinajstić information content (AvgIpc) is 2.85. The maximum absolute atomic E-state index is 4.56. The zero-order valence-electron chi connectivity index (χ0n) is 15.0. The maximum atomic E-state index is 4.56. The molecule has 3 heterocycles. The van der Waals surface area contributed by atoms with E-state index < -0.39 is 0 Å². The van der Waals surface area contributed by atoms with Crippen LogP contribution < -0.4 is 10.2 Å². The average molecular weight is 329 g/mol. The molecule has 1 atom stereocenters. The molecule has 0 radical (unpaired) electrons. The van der Waals surface area contributed by atoms with E-state index in [1.165, 1.54) is 12.0 Å². The molecule has 0 bridgehead atoms. The van der Waals surface area contributed by atoms with E-state index in [0.717, 1.165) is 37.6 Å². The van der Waals surface area contributed by atoms with Crippen molar-refractivity contribution in [2.75, 3.05) is 37.4 Å². The Bertz CT molecular complexity index is 679. The number of hydrogen-bond donors (Lipinski definition) is 1. The number of anilines is 2. The first-order valence-corrected chi connectivity index (χ1v) is 8.49. The second-order valence-electron chi connectivity index (χ2n) is 6.76. The van der Waals surface area contributed by atoms with Crippen LogP contribution in [0.1, 0.15) is 24.1 Å². The second-order valence-corrected chi connectivity index (χ2v) is 6.76. The number of nitrogens with one attached hydrogen (secondary N) is 1. The Hall–Kier alpha value is -2.15. The highest BCUT2D eigenvalue weighted by molar-refractivity contribution is 5.41. The van der Waals surface area contributed by atoms with Gasteiger partial charge >= 0.3 is 0 Å². The van der Waals surface area contributed by atoms with Crippen molar-refractivity contribution in [1.29, 1.82) is 0 Å². The molecule has 0 saturated carbocycles. The Morgan fingerprint density at radius 2 is 2.21 bits per heavy atom. The first kappa shape index (κ1) is 16.7. The zero-order chi connectivity index (χ0) is 17.1. The largest absolute Gasteiger partial charge is 0.363 e. The molecule has 7 heteroatoms. The molecule has 7 nitrogen and oxygen atoms in total. The fourth-order valence-electron chi connectivity index (χ4n) is 3.21. The first-order valence-electron chi connectivity index (χ1n) is 8.49. The molecule has 1 saturated heterocycles. The second kappa shape index (κ2) is 7.17. The highest BCUT2D eigenvalue weighted by Crippen LogP contribution is 2.18. The van der Waals surface area contributed by atoms with Gasteiger partial charge in [0, 0.05) is 58.2 Å².